The summed E-state index contributed by atoms with van der Waals surface area (Å²) < 4.78 is 1.91. The number of carbonyl (C=O) groups excluding carboxylic acids is 1. The van der Waals surface area contributed by atoms with Crippen LogP contribution in [0.3, 0.4) is 0 Å². The van der Waals surface area contributed by atoms with Crippen LogP contribution < -0.4 is 0 Å². The largest absolute Gasteiger partial charge is 0.337 e. The van der Waals surface area contributed by atoms with Crippen molar-refractivity contribution in [1.82, 2.24) is 19.7 Å². The van der Waals surface area contributed by atoms with E-state index >= 15 is 0 Å². The molecular formula is C17H16N4OS2. The summed E-state index contributed by atoms with van der Waals surface area (Å²) in [6.45, 7) is 1.53. The van der Waals surface area contributed by atoms with Gasteiger partial charge in [0.15, 0.2) is 5.16 Å². The minimum absolute atomic E-state index is 0.152. The zero-order chi connectivity index (χ0) is 16.4. The lowest BCUT2D eigenvalue weighted by atomic mass is 10.1. The molecule has 0 unspecified atom stereocenters. The molecule has 0 spiro atoms. The van der Waals surface area contributed by atoms with Gasteiger partial charge in [0.25, 0.3) is 0 Å². The monoisotopic (exact) mass is 356 g/mol. The molecule has 0 radical (unpaired) electrons. The molecule has 3 aromatic rings. The second-order valence-electron chi connectivity index (χ2n) is 5.54. The Morgan fingerprint density at radius 1 is 1.25 bits per heavy atom. The van der Waals surface area contributed by atoms with Gasteiger partial charge in [-0.3, -0.25) is 9.36 Å². The Bertz CT molecular complexity index is 843. The second-order valence-corrected chi connectivity index (χ2v) is 7.49. The van der Waals surface area contributed by atoms with Crippen LogP contribution in [-0.2, 0) is 17.8 Å². The lowest BCUT2D eigenvalue weighted by Crippen LogP contribution is -2.36. The fourth-order valence-corrected chi connectivity index (χ4v) is 4.49. The van der Waals surface area contributed by atoms with Gasteiger partial charge in [-0.1, -0.05) is 30.0 Å². The van der Waals surface area contributed by atoms with Crippen LogP contribution in [0.15, 0.2) is 53.3 Å². The van der Waals surface area contributed by atoms with Crippen LogP contribution >= 0.6 is 23.1 Å². The van der Waals surface area contributed by atoms with Crippen LogP contribution in [-0.4, -0.2) is 37.9 Å². The Kier molecular flexibility index (Phi) is 4.36. The third-order valence-electron chi connectivity index (χ3n) is 4.04. The zero-order valence-electron chi connectivity index (χ0n) is 13.0. The molecule has 0 atom stereocenters. The van der Waals surface area contributed by atoms with E-state index in [0.717, 1.165) is 30.4 Å². The Balaban J connectivity index is 1.41. The van der Waals surface area contributed by atoms with Crippen LogP contribution in [0.25, 0.3) is 5.69 Å². The minimum Gasteiger partial charge on any atom is -0.337 e. The zero-order valence-corrected chi connectivity index (χ0v) is 14.6. The Morgan fingerprint density at radius 2 is 2.12 bits per heavy atom. The number of amides is 1. The predicted octanol–water partition coefficient (Wildman–Crippen LogP) is 3.01. The lowest BCUT2D eigenvalue weighted by Gasteiger charge is -2.26. The number of para-hydroxylation sites is 1. The van der Waals surface area contributed by atoms with E-state index in [0.29, 0.717) is 5.75 Å². The number of hydrogen-bond acceptors (Lipinski definition) is 5. The lowest BCUT2D eigenvalue weighted by molar-refractivity contribution is -0.129. The van der Waals surface area contributed by atoms with Crippen molar-refractivity contribution >= 4 is 29.0 Å². The summed E-state index contributed by atoms with van der Waals surface area (Å²) >= 11 is 3.22. The molecule has 0 saturated carbocycles. The quantitative estimate of drug-likeness (QED) is 0.675. The summed E-state index contributed by atoms with van der Waals surface area (Å²) in [6, 6.07) is 12.0. The van der Waals surface area contributed by atoms with Crippen molar-refractivity contribution in [3.8, 4) is 5.69 Å². The van der Waals surface area contributed by atoms with Crippen molar-refractivity contribution in [2.24, 2.45) is 0 Å². The number of benzene rings is 1. The number of hydrogen-bond donors (Lipinski definition) is 0. The van der Waals surface area contributed by atoms with E-state index in [-0.39, 0.29) is 5.91 Å². The van der Waals surface area contributed by atoms with Gasteiger partial charge in [0.05, 0.1) is 5.75 Å². The van der Waals surface area contributed by atoms with Crippen LogP contribution in [0.4, 0.5) is 0 Å². The van der Waals surface area contributed by atoms with E-state index in [4.69, 9.17) is 0 Å². The van der Waals surface area contributed by atoms with Gasteiger partial charge in [0.1, 0.15) is 6.33 Å². The SMILES string of the molecule is O=C(CSc1nncn1-c1ccccc1)N1CCc2sccc2C1. The highest BCUT2D eigenvalue weighted by atomic mass is 32.2. The van der Waals surface area contributed by atoms with Crippen LogP contribution in [0, 0.1) is 0 Å². The van der Waals surface area contributed by atoms with Crippen LogP contribution in [0.2, 0.25) is 0 Å². The van der Waals surface area contributed by atoms with Gasteiger partial charge < -0.3 is 4.90 Å². The maximum Gasteiger partial charge on any atom is 0.233 e. The Hall–Kier alpha value is -2.12. The van der Waals surface area contributed by atoms with Gasteiger partial charge in [-0.15, -0.1) is 21.5 Å². The predicted molar refractivity (Wildman–Crippen MR) is 95.5 cm³/mol. The third kappa shape index (κ3) is 3.09. The first-order valence-corrected chi connectivity index (χ1v) is 9.59. The van der Waals surface area contributed by atoms with Crippen LogP contribution in [0.1, 0.15) is 10.4 Å². The molecule has 5 nitrogen and oxygen atoms in total. The smallest absolute Gasteiger partial charge is 0.233 e. The topological polar surface area (TPSA) is 51.0 Å². The van der Waals surface area contributed by atoms with E-state index in [9.17, 15) is 4.79 Å². The molecule has 122 valence electrons. The summed E-state index contributed by atoms with van der Waals surface area (Å²) in [6.07, 6.45) is 2.64. The molecule has 0 N–H and O–H groups in total. The first-order chi connectivity index (χ1) is 11.8. The number of rotatable bonds is 4. The summed E-state index contributed by atoms with van der Waals surface area (Å²) in [5.41, 5.74) is 2.29. The summed E-state index contributed by atoms with van der Waals surface area (Å²) in [4.78, 5) is 15.9. The van der Waals surface area contributed by atoms with Crippen molar-refractivity contribution in [3.63, 3.8) is 0 Å². The molecule has 1 aromatic carbocycles. The fourth-order valence-electron chi connectivity index (χ4n) is 2.77. The molecule has 2 aromatic heterocycles. The maximum atomic E-state index is 12.5. The Morgan fingerprint density at radius 3 is 3.00 bits per heavy atom. The van der Waals surface area contributed by atoms with E-state index in [1.165, 1.54) is 22.2 Å². The van der Waals surface area contributed by atoms with E-state index in [1.54, 1.807) is 17.7 Å². The van der Waals surface area contributed by atoms with E-state index in [2.05, 4.69) is 21.6 Å². The average Bonchev–Trinajstić information content (AvgIpc) is 3.28. The third-order valence-corrected chi connectivity index (χ3v) is 5.99. The first-order valence-electron chi connectivity index (χ1n) is 7.72. The van der Waals surface area contributed by atoms with Crippen molar-refractivity contribution in [1.29, 1.82) is 0 Å². The van der Waals surface area contributed by atoms with Crippen molar-refractivity contribution in [2.75, 3.05) is 12.3 Å². The number of carbonyl (C=O) groups is 1. The van der Waals surface area contributed by atoms with Gasteiger partial charge in [-0.2, -0.15) is 0 Å². The summed E-state index contributed by atoms with van der Waals surface area (Å²) in [7, 11) is 0. The highest BCUT2D eigenvalue weighted by Gasteiger charge is 2.22. The van der Waals surface area contributed by atoms with Gasteiger partial charge in [0, 0.05) is 23.7 Å². The van der Waals surface area contributed by atoms with Gasteiger partial charge in [-0.05, 0) is 35.6 Å². The molecule has 7 heteroatoms. The van der Waals surface area contributed by atoms with Gasteiger partial charge >= 0.3 is 0 Å². The minimum atomic E-state index is 0.152. The highest BCUT2D eigenvalue weighted by molar-refractivity contribution is 7.99. The number of fused-ring (bicyclic) bond motifs is 1. The van der Waals surface area contributed by atoms with Crippen molar-refractivity contribution in [3.05, 3.63) is 58.5 Å². The summed E-state index contributed by atoms with van der Waals surface area (Å²) in [5, 5.41) is 11.0. The van der Waals surface area contributed by atoms with Crippen molar-refractivity contribution < 1.29 is 4.79 Å². The first kappa shape index (κ1) is 15.4. The molecule has 3 heterocycles. The highest BCUT2D eigenvalue weighted by Crippen LogP contribution is 2.25. The molecule has 1 aliphatic heterocycles. The molecule has 4 rings (SSSR count). The Labute approximate surface area is 148 Å². The normalized spacial score (nSPS) is 13.8. The van der Waals surface area contributed by atoms with Crippen LogP contribution in [0.5, 0.6) is 0 Å². The average molecular weight is 356 g/mol. The molecule has 24 heavy (non-hydrogen) atoms. The molecule has 0 aliphatic carbocycles. The number of nitrogens with zero attached hydrogens (tertiary/aromatic N) is 4. The molecule has 1 aliphatic rings. The van der Waals surface area contributed by atoms with E-state index < -0.39 is 0 Å². The number of thiophene rings is 1. The fraction of sp³-hybridized carbons (Fsp3) is 0.235. The molecule has 1 amide bonds. The molecule has 0 fully saturated rings. The standard InChI is InChI=1S/C17H16N4OS2/c22-16(20-8-6-15-13(10-20)7-9-23-15)11-24-17-19-18-12-21(17)14-4-2-1-3-5-14/h1-5,7,9,12H,6,8,10-11H2. The van der Waals surface area contributed by atoms with Gasteiger partial charge in [0.2, 0.25) is 5.91 Å². The molecule has 0 bridgehead atoms. The summed E-state index contributed by atoms with van der Waals surface area (Å²) in [5.74, 6) is 0.532. The van der Waals surface area contributed by atoms with Crippen molar-refractivity contribution in [2.45, 2.75) is 18.1 Å². The number of thioether (sulfide) groups is 1. The molecular weight excluding hydrogens is 340 g/mol. The molecule has 0 saturated heterocycles. The number of aromatic nitrogens is 3. The second kappa shape index (κ2) is 6.78. The maximum absolute atomic E-state index is 12.5. The van der Waals surface area contributed by atoms with Gasteiger partial charge in [-0.25, -0.2) is 0 Å². The van der Waals surface area contributed by atoms with E-state index in [1.807, 2.05) is 39.8 Å².